The standard InChI is InChI=1S/C15H27N3O/c16-15(19)18-9-12(7-11-5-6-11)8-14(10-18)17-13-3-1-2-4-13/h11-14,17H,1-10H2,(H2,16,19). The van der Waals surface area contributed by atoms with Gasteiger partial charge < -0.3 is 16.0 Å². The molecule has 1 saturated heterocycles. The molecule has 1 heterocycles. The van der Waals surface area contributed by atoms with E-state index in [-0.39, 0.29) is 6.03 Å². The molecule has 0 radical (unpaired) electrons. The number of nitrogens with one attached hydrogen (secondary N) is 1. The summed E-state index contributed by atoms with van der Waals surface area (Å²) in [5.41, 5.74) is 5.51. The van der Waals surface area contributed by atoms with Crippen molar-refractivity contribution in [1.82, 2.24) is 10.2 Å². The van der Waals surface area contributed by atoms with Gasteiger partial charge in [0.15, 0.2) is 0 Å². The van der Waals surface area contributed by atoms with Crippen LogP contribution in [-0.2, 0) is 0 Å². The summed E-state index contributed by atoms with van der Waals surface area (Å²) in [4.78, 5) is 13.4. The van der Waals surface area contributed by atoms with Gasteiger partial charge in [-0.2, -0.15) is 0 Å². The second-order valence-electron chi connectivity index (χ2n) is 6.87. The molecule has 2 amide bonds. The van der Waals surface area contributed by atoms with Crippen LogP contribution >= 0.6 is 0 Å². The fourth-order valence-electron chi connectivity index (χ4n) is 3.93. The highest BCUT2D eigenvalue weighted by atomic mass is 16.2. The van der Waals surface area contributed by atoms with Gasteiger partial charge in [-0.3, -0.25) is 0 Å². The molecule has 2 aliphatic carbocycles. The van der Waals surface area contributed by atoms with Gasteiger partial charge in [-0.15, -0.1) is 0 Å². The molecule has 3 aliphatic rings. The SMILES string of the molecule is NC(=O)N1CC(CC2CC2)CC(NC2CCCC2)C1. The number of nitrogens with two attached hydrogens (primary N) is 1. The van der Waals surface area contributed by atoms with E-state index in [1.54, 1.807) is 0 Å². The van der Waals surface area contributed by atoms with Crippen molar-refractivity contribution < 1.29 is 4.79 Å². The van der Waals surface area contributed by atoms with Gasteiger partial charge >= 0.3 is 6.03 Å². The Labute approximate surface area is 116 Å². The van der Waals surface area contributed by atoms with E-state index >= 15 is 0 Å². The van der Waals surface area contributed by atoms with Crippen molar-refractivity contribution in [3.05, 3.63) is 0 Å². The number of piperidine rings is 1. The second-order valence-corrected chi connectivity index (χ2v) is 6.87. The number of likely N-dealkylation sites (tertiary alicyclic amines) is 1. The van der Waals surface area contributed by atoms with Crippen LogP contribution in [0.3, 0.4) is 0 Å². The Morgan fingerprint density at radius 2 is 1.79 bits per heavy atom. The molecule has 3 fully saturated rings. The van der Waals surface area contributed by atoms with E-state index in [0.29, 0.717) is 18.0 Å². The molecule has 0 aromatic heterocycles. The second kappa shape index (κ2) is 5.70. The number of primary amides is 1. The van der Waals surface area contributed by atoms with Crippen LogP contribution in [0.25, 0.3) is 0 Å². The molecule has 2 atom stereocenters. The quantitative estimate of drug-likeness (QED) is 0.817. The minimum atomic E-state index is -0.237. The highest BCUT2D eigenvalue weighted by Gasteiger charge is 2.34. The zero-order valence-corrected chi connectivity index (χ0v) is 11.8. The molecule has 4 nitrogen and oxygen atoms in total. The maximum absolute atomic E-state index is 11.5. The van der Waals surface area contributed by atoms with Gasteiger partial charge in [0.05, 0.1) is 0 Å². The van der Waals surface area contributed by atoms with Gasteiger partial charge in [0.2, 0.25) is 0 Å². The van der Waals surface area contributed by atoms with Gasteiger partial charge in [0.1, 0.15) is 0 Å². The summed E-state index contributed by atoms with van der Waals surface area (Å²) < 4.78 is 0. The highest BCUT2D eigenvalue weighted by Crippen LogP contribution is 2.38. The Hall–Kier alpha value is -0.770. The first kappa shape index (κ1) is 13.2. The summed E-state index contributed by atoms with van der Waals surface area (Å²) in [7, 11) is 0. The summed E-state index contributed by atoms with van der Waals surface area (Å²) in [6.45, 7) is 1.70. The molecule has 2 unspecified atom stereocenters. The third-order valence-electron chi connectivity index (χ3n) is 5.04. The molecule has 108 valence electrons. The summed E-state index contributed by atoms with van der Waals surface area (Å²) in [5, 5.41) is 3.78. The van der Waals surface area contributed by atoms with Crippen molar-refractivity contribution >= 4 is 6.03 Å². The lowest BCUT2D eigenvalue weighted by atomic mass is 9.89. The number of hydrogen-bond acceptors (Lipinski definition) is 2. The smallest absolute Gasteiger partial charge is 0.314 e. The van der Waals surface area contributed by atoms with Gasteiger partial charge in [0.25, 0.3) is 0 Å². The first-order valence-corrected chi connectivity index (χ1v) is 8.01. The van der Waals surface area contributed by atoms with Crippen molar-refractivity contribution in [2.75, 3.05) is 13.1 Å². The monoisotopic (exact) mass is 265 g/mol. The van der Waals surface area contributed by atoms with Gasteiger partial charge in [-0.1, -0.05) is 25.7 Å². The molecule has 0 aromatic rings. The lowest BCUT2D eigenvalue weighted by molar-refractivity contribution is 0.142. The average Bonchev–Trinajstić information content (AvgIpc) is 3.03. The first-order chi connectivity index (χ1) is 9.20. The molecule has 19 heavy (non-hydrogen) atoms. The van der Waals surface area contributed by atoms with Crippen molar-refractivity contribution in [2.24, 2.45) is 17.6 Å². The van der Waals surface area contributed by atoms with Crippen molar-refractivity contribution in [1.29, 1.82) is 0 Å². The summed E-state index contributed by atoms with van der Waals surface area (Å²) in [5.74, 6) is 1.60. The fraction of sp³-hybridized carbons (Fsp3) is 0.933. The molecule has 0 bridgehead atoms. The predicted molar refractivity (Wildman–Crippen MR) is 75.8 cm³/mol. The minimum absolute atomic E-state index is 0.237. The Kier molecular flexibility index (Phi) is 3.96. The Morgan fingerprint density at radius 3 is 2.42 bits per heavy atom. The van der Waals surface area contributed by atoms with E-state index in [9.17, 15) is 4.79 Å². The van der Waals surface area contributed by atoms with Gasteiger partial charge in [0, 0.05) is 25.2 Å². The topological polar surface area (TPSA) is 58.4 Å². The van der Waals surface area contributed by atoms with E-state index in [0.717, 1.165) is 19.0 Å². The van der Waals surface area contributed by atoms with Crippen LogP contribution in [0.1, 0.15) is 51.4 Å². The van der Waals surface area contributed by atoms with Crippen molar-refractivity contribution in [3.8, 4) is 0 Å². The number of rotatable bonds is 4. The van der Waals surface area contributed by atoms with Crippen LogP contribution in [0, 0.1) is 11.8 Å². The molecular formula is C15H27N3O. The Bertz CT molecular complexity index is 323. The number of amides is 2. The Morgan fingerprint density at radius 1 is 1.05 bits per heavy atom. The van der Waals surface area contributed by atoms with Crippen LogP contribution in [0.15, 0.2) is 0 Å². The molecule has 2 saturated carbocycles. The number of urea groups is 1. The number of carbonyl (C=O) groups excluding carboxylic acids is 1. The molecular weight excluding hydrogens is 238 g/mol. The van der Waals surface area contributed by atoms with Gasteiger partial charge in [-0.25, -0.2) is 4.79 Å². The summed E-state index contributed by atoms with van der Waals surface area (Å²) in [6, 6.07) is 0.909. The Balaban J connectivity index is 1.56. The average molecular weight is 265 g/mol. The fourth-order valence-corrected chi connectivity index (χ4v) is 3.93. The number of hydrogen-bond donors (Lipinski definition) is 2. The predicted octanol–water partition coefficient (Wildman–Crippen LogP) is 2.09. The van der Waals surface area contributed by atoms with Crippen LogP contribution in [-0.4, -0.2) is 36.1 Å². The third-order valence-corrected chi connectivity index (χ3v) is 5.04. The summed E-state index contributed by atoms with van der Waals surface area (Å²) >= 11 is 0. The zero-order valence-electron chi connectivity index (χ0n) is 11.8. The maximum Gasteiger partial charge on any atom is 0.314 e. The lowest BCUT2D eigenvalue weighted by Crippen LogP contribution is -2.54. The van der Waals surface area contributed by atoms with E-state index in [4.69, 9.17) is 5.73 Å². The normalized spacial score (nSPS) is 32.7. The third kappa shape index (κ3) is 3.62. The molecule has 3 N–H and O–H groups in total. The highest BCUT2D eigenvalue weighted by molar-refractivity contribution is 5.72. The zero-order chi connectivity index (χ0) is 13.2. The summed E-state index contributed by atoms with van der Waals surface area (Å²) in [6.07, 6.45) is 10.6. The van der Waals surface area contributed by atoms with Gasteiger partial charge in [-0.05, 0) is 37.5 Å². The molecule has 0 spiro atoms. The van der Waals surface area contributed by atoms with Crippen LogP contribution in [0.5, 0.6) is 0 Å². The molecule has 1 aliphatic heterocycles. The molecule has 0 aromatic carbocycles. The first-order valence-electron chi connectivity index (χ1n) is 8.01. The van der Waals surface area contributed by atoms with Crippen molar-refractivity contribution in [3.63, 3.8) is 0 Å². The number of nitrogens with zero attached hydrogens (tertiary/aromatic N) is 1. The van der Waals surface area contributed by atoms with Crippen LogP contribution in [0.4, 0.5) is 4.79 Å². The number of carbonyl (C=O) groups is 1. The minimum Gasteiger partial charge on any atom is -0.351 e. The van der Waals surface area contributed by atoms with E-state index in [2.05, 4.69) is 5.32 Å². The van der Waals surface area contributed by atoms with Crippen LogP contribution in [0.2, 0.25) is 0 Å². The lowest BCUT2D eigenvalue weighted by Gasteiger charge is -2.38. The van der Waals surface area contributed by atoms with Crippen molar-refractivity contribution in [2.45, 2.75) is 63.5 Å². The van der Waals surface area contributed by atoms with Crippen LogP contribution < -0.4 is 11.1 Å². The van der Waals surface area contributed by atoms with E-state index in [1.807, 2.05) is 4.90 Å². The van der Waals surface area contributed by atoms with E-state index in [1.165, 1.54) is 51.4 Å². The molecule has 4 heteroatoms. The molecule has 3 rings (SSSR count). The largest absolute Gasteiger partial charge is 0.351 e. The van der Waals surface area contributed by atoms with E-state index < -0.39 is 0 Å². The maximum atomic E-state index is 11.5.